The Balaban J connectivity index is 1.65. The van der Waals surface area contributed by atoms with Crippen molar-refractivity contribution in [3.63, 3.8) is 0 Å². The molecule has 0 radical (unpaired) electrons. The van der Waals surface area contributed by atoms with Gasteiger partial charge in [-0.25, -0.2) is 10.3 Å². The Hall–Kier alpha value is -2.22. The van der Waals surface area contributed by atoms with Crippen molar-refractivity contribution in [2.75, 3.05) is 4.90 Å². The highest BCUT2D eigenvalue weighted by Gasteiger charge is 2.39. The summed E-state index contributed by atoms with van der Waals surface area (Å²) < 4.78 is 0.854. The summed E-state index contributed by atoms with van der Waals surface area (Å²) in [5, 5.41) is 0.513. The number of nitrogens with zero attached hydrogens (tertiary/aromatic N) is 1. The second kappa shape index (κ2) is 7.35. The van der Waals surface area contributed by atoms with Gasteiger partial charge in [-0.2, -0.15) is 0 Å². The van der Waals surface area contributed by atoms with Gasteiger partial charge in [0, 0.05) is 15.1 Å². The monoisotopic (exact) mass is 421 g/mol. The quantitative estimate of drug-likeness (QED) is 0.586. The molecule has 6 nitrogen and oxygen atoms in total. The van der Waals surface area contributed by atoms with Crippen LogP contribution in [0.5, 0.6) is 0 Å². The predicted molar refractivity (Wildman–Crippen MR) is 97.1 cm³/mol. The van der Waals surface area contributed by atoms with E-state index in [-0.39, 0.29) is 12.3 Å². The van der Waals surface area contributed by atoms with Crippen molar-refractivity contribution < 1.29 is 14.4 Å². The van der Waals surface area contributed by atoms with E-state index in [1.165, 1.54) is 0 Å². The van der Waals surface area contributed by atoms with Gasteiger partial charge in [0.25, 0.3) is 11.8 Å². The zero-order valence-electron chi connectivity index (χ0n) is 12.8. The van der Waals surface area contributed by atoms with Crippen LogP contribution >= 0.6 is 27.5 Å². The third-order valence-corrected chi connectivity index (χ3v) is 4.48. The number of hydrogen-bond donors (Lipinski definition) is 2. The summed E-state index contributed by atoms with van der Waals surface area (Å²) in [7, 11) is 0. The first-order chi connectivity index (χ1) is 12.0. The molecule has 0 aromatic heterocycles. The lowest BCUT2D eigenvalue weighted by molar-refractivity contribution is -0.121. The highest BCUT2D eigenvalue weighted by molar-refractivity contribution is 9.10. The van der Waals surface area contributed by atoms with Crippen LogP contribution in [0.15, 0.2) is 53.0 Å². The minimum Gasteiger partial charge on any atom is -0.287 e. The second-order valence-electron chi connectivity index (χ2n) is 5.41. The molecule has 0 saturated carbocycles. The molecule has 0 bridgehead atoms. The van der Waals surface area contributed by atoms with Crippen LogP contribution in [0.2, 0.25) is 5.02 Å². The van der Waals surface area contributed by atoms with Gasteiger partial charge in [-0.1, -0.05) is 27.5 Å². The number of carbonyl (C=O) groups is 3. The lowest BCUT2D eigenvalue weighted by Crippen LogP contribution is -2.48. The van der Waals surface area contributed by atoms with E-state index in [1.807, 2.05) is 0 Å². The van der Waals surface area contributed by atoms with Gasteiger partial charge in [-0.15, -0.1) is 0 Å². The summed E-state index contributed by atoms with van der Waals surface area (Å²) in [6.07, 6.45) is -0.0396. The van der Waals surface area contributed by atoms with Crippen LogP contribution in [0.1, 0.15) is 16.8 Å². The van der Waals surface area contributed by atoms with Gasteiger partial charge in [0.05, 0.1) is 12.1 Å². The molecule has 1 saturated heterocycles. The van der Waals surface area contributed by atoms with Crippen LogP contribution in [-0.4, -0.2) is 23.8 Å². The van der Waals surface area contributed by atoms with Gasteiger partial charge in [0.1, 0.15) is 6.04 Å². The number of carbonyl (C=O) groups excluding carboxylic acids is 3. The first kappa shape index (κ1) is 17.6. The lowest BCUT2D eigenvalue weighted by Gasteiger charge is -2.16. The van der Waals surface area contributed by atoms with E-state index >= 15 is 0 Å². The minimum atomic E-state index is -0.817. The molecule has 0 aliphatic carbocycles. The first-order valence-electron chi connectivity index (χ1n) is 7.39. The largest absolute Gasteiger partial charge is 0.287 e. The Morgan fingerprint density at radius 1 is 1.08 bits per heavy atom. The fourth-order valence-electron chi connectivity index (χ4n) is 2.43. The number of amides is 3. The maximum absolute atomic E-state index is 12.4. The second-order valence-corrected chi connectivity index (χ2v) is 6.76. The van der Waals surface area contributed by atoms with Crippen LogP contribution < -0.4 is 15.8 Å². The third-order valence-electron chi connectivity index (χ3n) is 3.70. The van der Waals surface area contributed by atoms with Gasteiger partial charge >= 0.3 is 0 Å². The smallest absolute Gasteiger partial charge is 0.265 e. The summed E-state index contributed by atoms with van der Waals surface area (Å²) in [5.74, 6) is -1.16. The van der Waals surface area contributed by atoms with Gasteiger partial charge in [-0.05, 0) is 48.5 Å². The fourth-order valence-corrected chi connectivity index (χ4v) is 2.82. The molecule has 3 amide bonds. The van der Waals surface area contributed by atoms with E-state index in [0.717, 1.165) is 9.37 Å². The average Bonchev–Trinajstić information content (AvgIpc) is 2.88. The van der Waals surface area contributed by atoms with Crippen LogP contribution in [0.25, 0.3) is 0 Å². The standard InChI is InChI=1S/C17H13BrClN3O3/c18-11-3-1-10(2-4-11)16(24)21-20-14-9-15(23)22(17(14)25)13-7-5-12(19)6-8-13/h1-8,14,20H,9H2,(H,21,24)/t14-/m0/s1. The first-order valence-corrected chi connectivity index (χ1v) is 8.56. The molecule has 25 heavy (non-hydrogen) atoms. The van der Waals surface area contributed by atoms with Crippen molar-refractivity contribution in [1.82, 2.24) is 10.9 Å². The van der Waals surface area contributed by atoms with Crippen molar-refractivity contribution in [3.8, 4) is 0 Å². The molecule has 1 aliphatic heterocycles. The predicted octanol–water partition coefficient (Wildman–Crippen LogP) is 2.67. The van der Waals surface area contributed by atoms with Crippen molar-refractivity contribution in [2.24, 2.45) is 0 Å². The summed E-state index contributed by atoms with van der Waals surface area (Å²) in [4.78, 5) is 37.8. The van der Waals surface area contributed by atoms with Crippen molar-refractivity contribution in [3.05, 3.63) is 63.6 Å². The van der Waals surface area contributed by atoms with Crippen molar-refractivity contribution in [1.29, 1.82) is 0 Å². The Kier molecular flexibility index (Phi) is 5.17. The SMILES string of the molecule is O=C(NN[C@H]1CC(=O)N(c2ccc(Cl)cc2)C1=O)c1ccc(Br)cc1. The summed E-state index contributed by atoms with van der Waals surface area (Å²) >= 11 is 9.11. The molecular formula is C17H13BrClN3O3. The average molecular weight is 423 g/mol. The maximum atomic E-state index is 12.4. The molecule has 0 spiro atoms. The van der Waals surface area contributed by atoms with E-state index in [9.17, 15) is 14.4 Å². The number of rotatable bonds is 4. The fraction of sp³-hybridized carbons (Fsp3) is 0.118. The van der Waals surface area contributed by atoms with Gasteiger partial charge in [0.2, 0.25) is 5.91 Å². The molecular weight excluding hydrogens is 410 g/mol. The number of hydrazine groups is 1. The molecule has 128 valence electrons. The maximum Gasteiger partial charge on any atom is 0.265 e. The van der Waals surface area contributed by atoms with Crippen LogP contribution in [-0.2, 0) is 9.59 Å². The third kappa shape index (κ3) is 3.89. The lowest BCUT2D eigenvalue weighted by atomic mass is 10.2. The molecule has 0 unspecified atom stereocenters. The highest BCUT2D eigenvalue weighted by Crippen LogP contribution is 2.24. The van der Waals surface area contributed by atoms with Crippen LogP contribution in [0, 0.1) is 0 Å². The van der Waals surface area contributed by atoms with E-state index in [2.05, 4.69) is 26.8 Å². The Morgan fingerprint density at radius 2 is 1.72 bits per heavy atom. The Bertz CT molecular complexity index is 824. The highest BCUT2D eigenvalue weighted by atomic mass is 79.9. The molecule has 8 heteroatoms. The number of benzene rings is 2. The Morgan fingerprint density at radius 3 is 2.36 bits per heavy atom. The van der Waals surface area contributed by atoms with Crippen LogP contribution in [0.3, 0.4) is 0 Å². The van der Waals surface area contributed by atoms with E-state index < -0.39 is 17.9 Å². The summed E-state index contributed by atoms with van der Waals surface area (Å²) in [5.41, 5.74) is 5.98. The molecule has 2 aromatic rings. The topological polar surface area (TPSA) is 78.5 Å². The van der Waals surface area contributed by atoms with E-state index in [4.69, 9.17) is 11.6 Å². The van der Waals surface area contributed by atoms with Gasteiger partial charge < -0.3 is 0 Å². The number of nitrogens with one attached hydrogen (secondary N) is 2. The number of imide groups is 1. The van der Waals surface area contributed by atoms with E-state index in [1.54, 1.807) is 48.5 Å². The molecule has 1 heterocycles. The molecule has 1 fully saturated rings. The zero-order chi connectivity index (χ0) is 18.0. The van der Waals surface area contributed by atoms with E-state index in [0.29, 0.717) is 16.3 Å². The molecule has 3 rings (SSSR count). The zero-order valence-corrected chi connectivity index (χ0v) is 15.2. The molecule has 1 atom stereocenters. The number of halogens is 2. The minimum absolute atomic E-state index is 0.0396. The number of anilines is 1. The summed E-state index contributed by atoms with van der Waals surface area (Å²) in [6.45, 7) is 0. The van der Waals surface area contributed by atoms with Gasteiger partial charge in [0.15, 0.2) is 0 Å². The van der Waals surface area contributed by atoms with Crippen molar-refractivity contribution in [2.45, 2.75) is 12.5 Å². The van der Waals surface area contributed by atoms with Gasteiger partial charge in [-0.3, -0.25) is 19.8 Å². The Labute approximate surface area is 157 Å². The summed E-state index contributed by atoms with van der Waals surface area (Å²) in [6, 6.07) is 12.3. The molecule has 2 N–H and O–H groups in total. The van der Waals surface area contributed by atoms with Crippen LogP contribution in [0.4, 0.5) is 5.69 Å². The normalized spacial score (nSPS) is 17.0. The number of hydrogen-bond acceptors (Lipinski definition) is 4. The molecule has 2 aromatic carbocycles. The molecule has 1 aliphatic rings. The van der Waals surface area contributed by atoms with Crippen molar-refractivity contribution >= 4 is 50.9 Å².